The van der Waals surface area contributed by atoms with Crippen molar-refractivity contribution in [3.63, 3.8) is 0 Å². The molecule has 0 saturated carbocycles. The van der Waals surface area contributed by atoms with Crippen LogP contribution in [0, 0.1) is 0 Å². The number of amides is 2. The van der Waals surface area contributed by atoms with E-state index in [2.05, 4.69) is 10.3 Å². The molecule has 0 bridgehead atoms. The van der Waals surface area contributed by atoms with E-state index in [9.17, 15) is 14.7 Å². The molecule has 1 unspecified atom stereocenters. The number of rotatable bonds is 7. The van der Waals surface area contributed by atoms with Gasteiger partial charge in [0.05, 0.1) is 23.4 Å². The quantitative estimate of drug-likeness (QED) is 0.764. The smallest absolute Gasteiger partial charge is 0.286 e. The number of pyridine rings is 1. The van der Waals surface area contributed by atoms with Crippen LogP contribution in [-0.4, -0.2) is 46.6 Å². The summed E-state index contributed by atoms with van der Waals surface area (Å²) in [4.78, 5) is 27.8. The van der Waals surface area contributed by atoms with Crippen LogP contribution in [0.4, 0.5) is 10.6 Å². The Hall–Kier alpha value is -2.74. The van der Waals surface area contributed by atoms with Gasteiger partial charge in [-0.1, -0.05) is 23.9 Å². The molecule has 136 valence electrons. The summed E-state index contributed by atoms with van der Waals surface area (Å²) in [6.45, 7) is -5.36. The molecule has 0 spiro atoms. The molecule has 2 amide bonds. The highest BCUT2D eigenvalue weighted by atomic mass is 32.2. The van der Waals surface area contributed by atoms with Crippen molar-refractivity contribution in [1.82, 2.24) is 10.3 Å². The van der Waals surface area contributed by atoms with E-state index in [1.165, 1.54) is 31.3 Å². The summed E-state index contributed by atoms with van der Waals surface area (Å²) in [5.41, 5.74) is 0.749. The maximum Gasteiger partial charge on any atom is 0.286 e. The first-order valence-corrected chi connectivity index (χ1v) is 8.56. The van der Waals surface area contributed by atoms with E-state index >= 15 is 0 Å². The third-order valence-corrected chi connectivity index (χ3v) is 4.55. The summed E-state index contributed by atoms with van der Waals surface area (Å²) < 4.78 is 38.0. The van der Waals surface area contributed by atoms with Gasteiger partial charge < -0.3 is 14.7 Å². The molecule has 0 radical (unpaired) electrons. The third-order valence-electron chi connectivity index (χ3n) is 3.57. The van der Waals surface area contributed by atoms with Gasteiger partial charge in [0.1, 0.15) is 23.9 Å². The predicted octanol–water partition coefficient (Wildman–Crippen LogP) is 2.20. The van der Waals surface area contributed by atoms with Crippen molar-refractivity contribution < 1.29 is 24.9 Å². The van der Waals surface area contributed by atoms with E-state index in [1.807, 2.05) is 0 Å². The molecule has 2 N–H and O–H groups in total. The lowest BCUT2D eigenvalue weighted by Crippen LogP contribution is -2.25. The van der Waals surface area contributed by atoms with Gasteiger partial charge in [-0.2, -0.15) is 0 Å². The summed E-state index contributed by atoms with van der Waals surface area (Å²) >= 11 is 0.921. The summed E-state index contributed by atoms with van der Waals surface area (Å²) in [5, 5.41) is 10.6. The molecule has 1 fully saturated rings. The van der Waals surface area contributed by atoms with Crippen LogP contribution in [0.1, 0.15) is 11.0 Å². The Morgan fingerprint density at radius 3 is 2.69 bits per heavy atom. The zero-order chi connectivity index (χ0) is 22.1. The minimum Gasteiger partial charge on any atom is -0.506 e. The maximum absolute atomic E-state index is 11.7. The summed E-state index contributed by atoms with van der Waals surface area (Å²) in [6, 6.07) is 8.88. The Kier molecular flexibility index (Phi) is 4.19. The first-order chi connectivity index (χ1) is 14.0. The van der Waals surface area contributed by atoms with Crippen LogP contribution in [0.25, 0.3) is 0 Å². The Morgan fingerprint density at radius 2 is 2.08 bits per heavy atom. The van der Waals surface area contributed by atoms with Crippen LogP contribution in [0.2, 0.25) is 0 Å². The van der Waals surface area contributed by atoms with Gasteiger partial charge in [0.25, 0.3) is 5.24 Å². The standard InChI is InChI=1S/C18H19N3O4S/c1-21(16-7-4-13(22)11-19-16)8-9-25-14-5-2-12(3-6-14)10-15-17(23)20-18(24)26-15/h2-7,11,15,22H,8-10H2,1H3,(H,20,23,24)/i8D2,9D2. The number of hydrogen-bond acceptors (Lipinski definition) is 7. The number of thioether (sulfide) groups is 1. The maximum atomic E-state index is 11.7. The van der Waals surface area contributed by atoms with Crippen molar-refractivity contribution in [2.75, 3.05) is 25.0 Å². The fourth-order valence-electron chi connectivity index (χ4n) is 2.22. The lowest BCUT2D eigenvalue weighted by atomic mass is 10.1. The van der Waals surface area contributed by atoms with E-state index in [-0.39, 0.29) is 28.5 Å². The van der Waals surface area contributed by atoms with Crippen LogP contribution in [0.5, 0.6) is 11.5 Å². The highest BCUT2D eigenvalue weighted by Gasteiger charge is 2.31. The first kappa shape index (κ1) is 13.5. The van der Waals surface area contributed by atoms with Crippen molar-refractivity contribution in [2.45, 2.75) is 11.7 Å². The summed E-state index contributed by atoms with van der Waals surface area (Å²) in [5.74, 6) is -0.229. The zero-order valence-corrected chi connectivity index (χ0v) is 14.6. The van der Waals surface area contributed by atoms with Crippen LogP contribution < -0.4 is 15.0 Å². The monoisotopic (exact) mass is 377 g/mol. The van der Waals surface area contributed by atoms with E-state index < -0.39 is 18.3 Å². The average Bonchev–Trinajstić information content (AvgIpc) is 3.00. The van der Waals surface area contributed by atoms with Gasteiger partial charge in [-0.25, -0.2) is 4.98 Å². The van der Waals surface area contributed by atoms with Crippen molar-refractivity contribution >= 4 is 28.7 Å². The van der Waals surface area contributed by atoms with Gasteiger partial charge in [-0.3, -0.25) is 14.9 Å². The Labute approximate surface area is 161 Å². The highest BCUT2D eigenvalue weighted by Crippen LogP contribution is 2.24. The second-order valence-electron chi connectivity index (χ2n) is 5.48. The molecular weight excluding hydrogens is 354 g/mol. The minimum atomic E-state index is -2.75. The number of carbonyl (C=O) groups is 2. The van der Waals surface area contributed by atoms with Crippen molar-refractivity contribution in [3.05, 3.63) is 48.2 Å². The molecular formula is C18H19N3O4S. The number of ether oxygens (including phenoxy) is 1. The Balaban J connectivity index is 1.69. The number of hydrogen-bond donors (Lipinski definition) is 2. The van der Waals surface area contributed by atoms with E-state index in [4.69, 9.17) is 10.2 Å². The predicted molar refractivity (Wildman–Crippen MR) is 99.7 cm³/mol. The SMILES string of the molecule is [2H]C([2H])(Oc1ccc(CC2SC(=O)NC2=O)cc1)C([2H])([2H])N(C)c1ccc(O)cn1. The number of anilines is 1. The van der Waals surface area contributed by atoms with Crippen LogP contribution in [-0.2, 0) is 11.2 Å². The lowest BCUT2D eigenvalue weighted by Gasteiger charge is -2.18. The topological polar surface area (TPSA) is 91.8 Å². The molecule has 1 aliphatic heterocycles. The second kappa shape index (κ2) is 8.09. The summed E-state index contributed by atoms with van der Waals surface area (Å²) in [7, 11) is 1.33. The van der Waals surface area contributed by atoms with Crippen molar-refractivity contribution in [2.24, 2.45) is 0 Å². The minimum absolute atomic E-state index is 0.0927. The fraction of sp³-hybridized carbons (Fsp3) is 0.278. The number of aromatic nitrogens is 1. The fourth-order valence-corrected chi connectivity index (χ4v) is 3.08. The molecule has 8 heteroatoms. The molecule has 1 saturated heterocycles. The Bertz CT molecular complexity index is 941. The van der Waals surface area contributed by atoms with Crippen LogP contribution >= 0.6 is 11.8 Å². The number of aromatic hydroxyl groups is 1. The van der Waals surface area contributed by atoms with Gasteiger partial charge in [0.2, 0.25) is 5.91 Å². The number of benzene rings is 1. The molecule has 1 atom stereocenters. The third kappa shape index (κ3) is 4.66. The number of carbonyl (C=O) groups excluding carboxylic acids is 2. The normalized spacial score (nSPS) is 19.8. The van der Waals surface area contributed by atoms with Gasteiger partial charge in [0.15, 0.2) is 0 Å². The Morgan fingerprint density at radius 1 is 1.31 bits per heavy atom. The summed E-state index contributed by atoms with van der Waals surface area (Å²) in [6.07, 6.45) is 1.46. The van der Waals surface area contributed by atoms with E-state index in [0.29, 0.717) is 6.42 Å². The van der Waals surface area contributed by atoms with Crippen LogP contribution in [0.15, 0.2) is 42.6 Å². The lowest BCUT2D eigenvalue weighted by molar-refractivity contribution is -0.118. The van der Waals surface area contributed by atoms with Gasteiger partial charge in [0, 0.05) is 7.05 Å². The molecule has 0 aliphatic carbocycles. The molecule has 1 aromatic carbocycles. The molecule has 1 aromatic heterocycles. The number of imide groups is 1. The molecule has 1 aliphatic rings. The zero-order valence-electron chi connectivity index (χ0n) is 17.8. The number of nitrogens with one attached hydrogen (secondary N) is 1. The first-order valence-electron chi connectivity index (χ1n) is 9.68. The van der Waals surface area contributed by atoms with Crippen LogP contribution in [0.3, 0.4) is 0 Å². The molecule has 26 heavy (non-hydrogen) atoms. The molecule has 3 rings (SSSR count). The van der Waals surface area contributed by atoms with Gasteiger partial charge in [-0.15, -0.1) is 0 Å². The van der Waals surface area contributed by atoms with Gasteiger partial charge in [-0.05, 0) is 36.2 Å². The molecule has 7 nitrogen and oxygen atoms in total. The number of likely N-dealkylation sites (N-methyl/N-ethyl adjacent to an activating group) is 1. The van der Waals surface area contributed by atoms with Crippen molar-refractivity contribution in [1.29, 1.82) is 0 Å². The van der Waals surface area contributed by atoms with E-state index in [1.54, 1.807) is 12.1 Å². The molecule has 2 heterocycles. The second-order valence-corrected chi connectivity index (χ2v) is 6.66. The van der Waals surface area contributed by atoms with E-state index in [0.717, 1.165) is 28.4 Å². The number of nitrogens with zero attached hydrogens (tertiary/aromatic N) is 2. The average molecular weight is 377 g/mol. The van der Waals surface area contributed by atoms with Gasteiger partial charge >= 0.3 is 0 Å². The van der Waals surface area contributed by atoms with Crippen molar-refractivity contribution in [3.8, 4) is 11.5 Å². The largest absolute Gasteiger partial charge is 0.506 e. The molecule has 2 aromatic rings. The highest BCUT2D eigenvalue weighted by molar-refractivity contribution is 8.15.